The van der Waals surface area contributed by atoms with Crippen LogP contribution in [-0.4, -0.2) is 11.1 Å². The Labute approximate surface area is 90.6 Å². The third-order valence-electron chi connectivity index (χ3n) is 2.15. The number of carboxylic acids is 1. The molecule has 72 valence electrons. The molecule has 4 heteroatoms. The standard InChI is InChI=1S/C10H8O2S2/c1-5-6-4-9(10(11)12)14-8(6)3-2-7(5)13/h2-4,13H,1H3,(H,11,12). The highest BCUT2D eigenvalue weighted by molar-refractivity contribution is 7.80. The van der Waals surface area contributed by atoms with Crippen LogP contribution in [0.3, 0.4) is 0 Å². The first-order valence-electron chi connectivity index (χ1n) is 4.05. The number of thiophene rings is 1. The normalized spacial score (nSPS) is 10.7. The quantitative estimate of drug-likeness (QED) is 0.730. The average molecular weight is 224 g/mol. The maximum Gasteiger partial charge on any atom is 0.345 e. The zero-order chi connectivity index (χ0) is 10.3. The van der Waals surface area contributed by atoms with E-state index >= 15 is 0 Å². The number of aryl methyl sites for hydroxylation is 1. The van der Waals surface area contributed by atoms with E-state index in [1.165, 1.54) is 11.3 Å². The van der Waals surface area contributed by atoms with Gasteiger partial charge in [0.1, 0.15) is 4.88 Å². The molecule has 0 amide bonds. The molecule has 1 N–H and O–H groups in total. The van der Waals surface area contributed by atoms with Crippen molar-refractivity contribution >= 4 is 40.0 Å². The lowest BCUT2D eigenvalue weighted by molar-refractivity contribution is 0.0702. The molecular weight excluding hydrogens is 216 g/mol. The van der Waals surface area contributed by atoms with Crippen LogP contribution in [0.5, 0.6) is 0 Å². The molecule has 2 nitrogen and oxygen atoms in total. The summed E-state index contributed by atoms with van der Waals surface area (Å²) >= 11 is 5.59. The molecule has 0 spiro atoms. The van der Waals surface area contributed by atoms with Gasteiger partial charge in [0, 0.05) is 9.60 Å². The Hall–Kier alpha value is -1.00. The van der Waals surface area contributed by atoms with Crippen molar-refractivity contribution in [2.45, 2.75) is 11.8 Å². The van der Waals surface area contributed by atoms with Crippen molar-refractivity contribution in [3.8, 4) is 0 Å². The van der Waals surface area contributed by atoms with Gasteiger partial charge in [-0.3, -0.25) is 0 Å². The Morgan fingerprint density at radius 1 is 1.50 bits per heavy atom. The van der Waals surface area contributed by atoms with E-state index in [0.717, 1.165) is 20.5 Å². The van der Waals surface area contributed by atoms with E-state index in [-0.39, 0.29) is 0 Å². The minimum atomic E-state index is -0.869. The van der Waals surface area contributed by atoms with Crippen molar-refractivity contribution < 1.29 is 9.90 Å². The highest BCUT2D eigenvalue weighted by Crippen LogP contribution is 2.31. The van der Waals surface area contributed by atoms with Gasteiger partial charge in [0.05, 0.1) is 0 Å². The van der Waals surface area contributed by atoms with E-state index in [1.807, 2.05) is 19.1 Å². The third-order valence-corrected chi connectivity index (χ3v) is 3.73. The van der Waals surface area contributed by atoms with E-state index < -0.39 is 5.97 Å². The van der Waals surface area contributed by atoms with Gasteiger partial charge in [0.25, 0.3) is 0 Å². The van der Waals surface area contributed by atoms with Gasteiger partial charge in [-0.1, -0.05) is 0 Å². The number of hydrogen-bond acceptors (Lipinski definition) is 3. The molecule has 1 aromatic heterocycles. The fraction of sp³-hybridized carbons (Fsp3) is 0.100. The van der Waals surface area contributed by atoms with Crippen LogP contribution < -0.4 is 0 Å². The van der Waals surface area contributed by atoms with Crippen LogP contribution in [0, 0.1) is 6.92 Å². The van der Waals surface area contributed by atoms with Crippen molar-refractivity contribution in [3.63, 3.8) is 0 Å². The molecule has 1 aromatic carbocycles. The van der Waals surface area contributed by atoms with Gasteiger partial charge in [-0.2, -0.15) is 0 Å². The molecule has 0 aliphatic heterocycles. The highest BCUT2D eigenvalue weighted by atomic mass is 32.1. The molecule has 2 rings (SSSR count). The summed E-state index contributed by atoms with van der Waals surface area (Å²) < 4.78 is 0.998. The Morgan fingerprint density at radius 3 is 2.86 bits per heavy atom. The Morgan fingerprint density at radius 2 is 2.21 bits per heavy atom. The van der Waals surface area contributed by atoms with E-state index in [0.29, 0.717) is 4.88 Å². The van der Waals surface area contributed by atoms with Crippen LogP contribution in [0.2, 0.25) is 0 Å². The fourth-order valence-electron chi connectivity index (χ4n) is 1.34. The monoisotopic (exact) mass is 224 g/mol. The topological polar surface area (TPSA) is 37.3 Å². The number of fused-ring (bicyclic) bond motifs is 1. The number of rotatable bonds is 1. The van der Waals surface area contributed by atoms with Crippen LogP contribution in [0.25, 0.3) is 10.1 Å². The number of hydrogen-bond donors (Lipinski definition) is 2. The lowest BCUT2D eigenvalue weighted by Crippen LogP contribution is -1.89. The van der Waals surface area contributed by atoms with Gasteiger partial charge in [0.15, 0.2) is 0 Å². The molecule has 0 aliphatic carbocycles. The summed E-state index contributed by atoms with van der Waals surface area (Å²) in [5, 5.41) is 9.82. The fourth-order valence-corrected chi connectivity index (χ4v) is 2.50. The molecule has 0 unspecified atom stereocenters. The number of thiol groups is 1. The molecule has 14 heavy (non-hydrogen) atoms. The van der Waals surface area contributed by atoms with Crippen molar-refractivity contribution in [3.05, 3.63) is 28.6 Å². The van der Waals surface area contributed by atoms with Gasteiger partial charge in [-0.05, 0) is 36.1 Å². The van der Waals surface area contributed by atoms with Crippen LogP contribution in [0.15, 0.2) is 23.1 Å². The molecule has 0 aliphatic rings. The zero-order valence-electron chi connectivity index (χ0n) is 7.44. The van der Waals surface area contributed by atoms with Crippen LogP contribution in [-0.2, 0) is 0 Å². The molecule has 0 saturated heterocycles. The smallest absolute Gasteiger partial charge is 0.345 e. The van der Waals surface area contributed by atoms with Gasteiger partial charge in [-0.15, -0.1) is 24.0 Å². The SMILES string of the molecule is Cc1c(S)ccc2sc(C(=O)O)cc12. The summed E-state index contributed by atoms with van der Waals surface area (Å²) in [6.45, 7) is 1.95. The Kier molecular flexibility index (Phi) is 2.25. The summed E-state index contributed by atoms with van der Waals surface area (Å²) in [4.78, 5) is 12.0. The maximum absolute atomic E-state index is 10.8. The second kappa shape index (κ2) is 3.29. The van der Waals surface area contributed by atoms with Gasteiger partial charge in [-0.25, -0.2) is 4.79 Å². The summed E-state index contributed by atoms with van der Waals surface area (Å²) in [6.07, 6.45) is 0. The largest absolute Gasteiger partial charge is 0.477 e. The number of benzene rings is 1. The zero-order valence-corrected chi connectivity index (χ0v) is 9.15. The first-order chi connectivity index (χ1) is 6.59. The second-order valence-electron chi connectivity index (χ2n) is 3.04. The Balaban J connectivity index is 2.77. The van der Waals surface area contributed by atoms with E-state index in [9.17, 15) is 4.79 Å². The number of aromatic carboxylic acids is 1. The van der Waals surface area contributed by atoms with Crippen molar-refractivity contribution in [1.82, 2.24) is 0 Å². The Bertz CT molecular complexity index is 514. The second-order valence-corrected chi connectivity index (χ2v) is 4.60. The first-order valence-corrected chi connectivity index (χ1v) is 5.31. The van der Waals surface area contributed by atoms with Crippen LogP contribution >= 0.6 is 24.0 Å². The molecule has 0 bridgehead atoms. The molecule has 0 saturated carbocycles. The molecule has 0 fully saturated rings. The summed E-state index contributed by atoms with van der Waals surface area (Å²) in [5.74, 6) is -0.869. The highest BCUT2D eigenvalue weighted by Gasteiger charge is 2.10. The van der Waals surface area contributed by atoms with Crippen molar-refractivity contribution in [1.29, 1.82) is 0 Å². The minimum Gasteiger partial charge on any atom is -0.477 e. The predicted octanol–water partition coefficient (Wildman–Crippen LogP) is 3.20. The van der Waals surface area contributed by atoms with E-state index in [1.54, 1.807) is 6.07 Å². The molecule has 2 aromatic rings. The summed E-state index contributed by atoms with van der Waals surface area (Å²) in [7, 11) is 0. The third kappa shape index (κ3) is 1.40. The number of carboxylic acid groups (broad SMARTS) is 1. The van der Waals surface area contributed by atoms with Crippen LogP contribution in [0.4, 0.5) is 0 Å². The van der Waals surface area contributed by atoms with E-state index in [4.69, 9.17) is 5.11 Å². The predicted molar refractivity (Wildman–Crippen MR) is 60.8 cm³/mol. The molecule has 0 radical (unpaired) electrons. The lowest BCUT2D eigenvalue weighted by atomic mass is 10.1. The summed E-state index contributed by atoms with van der Waals surface area (Å²) in [5.41, 5.74) is 1.04. The lowest BCUT2D eigenvalue weighted by Gasteiger charge is -1.98. The maximum atomic E-state index is 10.8. The average Bonchev–Trinajstić information content (AvgIpc) is 2.56. The van der Waals surface area contributed by atoms with Crippen molar-refractivity contribution in [2.75, 3.05) is 0 Å². The van der Waals surface area contributed by atoms with Gasteiger partial charge >= 0.3 is 5.97 Å². The van der Waals surface area contributed by atoms with Crippen molar-refractivity contribution in [2.24, 2.45) is 0 Å². The molecule has 1 heterocycles. The minimum absolute atomic E-state index is 0.377. The van der Waals surface area contributed by atoms with E-state index in [2.05, 4.69) is 12.6 Å². The summed E-state index contributed by atoms with van der Waals surface area (Å²) in [6, 6.07) is 5.50. The molecule has 0 atom stereocenters. The van der Waals surface area contributed by atoms with Crippen LogP contribution in [0.1, 0.15) is 15.2 Å². The van der Waals surface area contributed by atoms with Gasteiger partial charge in [0.2, 0.25) is 0 Å². The number of carbonyl (C=O) groups is 1. The first kappa shape index (κ1) is 9.55. The van der Waals surface area contributed by atoms with Gasteiger partial charge < -0.3 is 5.11 Å². The molecular formula is C10H8O2S2.